The van der Waals surface area contributed by atoms with Crippen LogP contribution in [0.25, 0.3) is 0 Å². The van der Waals surface area contributed by atoms with Crippen LogP contribution in [0.1, 0.15) is 0 Å². The van der Waals surface area contributed by atoms with Gasteiger partial charge in [0.15, 0.2) is 0 Å². The van der Waals surface area contributed by atoms with Crippen molar-refractivity contribution in [1.82, 2.24) is 0 Å². The molecular weight excluding hydrogens is 256 g/mol. The lowest BCUT2D eigenvalue weighted by atomic mass is 10.4. The summed E-state index contributed by atoms with van der Waals surface area (Å²) in [7, 11) is -4.60. The van der Waals surface area contributed by atoms with E-state index in [2.05, 4.69) is 24.3 Å². The van der Waals surface area contributed by atoms with Crippen molar-refractivity contribution in [3.8, 4) is 0 Å². The summed E-state index contributed by atoms with van der Waals surface area (Å²) in [6.45, 7) is 3.41. The van der Waals surface area contributed by atoms with Crippen LogP contribution in [0, 0.1) is 0 Å². The Balaban J connectivity index is 2.36. The molecule has 0 aliphatic carbocycles. The Morgan fingerprint density at radius 2 is 1.22 bits per heavy atom. The fraction of sp³-hybridized carbons (Fsp3) is 0.143. The lowest BCUT2D eigenvalue weighted by Crippen LogP contribution is -2.51. The molecule has 93 valence electrons. The minimum atomic E-state index is -2.77. The van der Waals surface area contributed by atoms with Crippen LogP contribution in [0.3, 0.4) is 0 Å². The number of hydrogen-bond acceptors (Lipinski definition) is 1. The van der Waals surface area contributed by atoms with Gasteiger partial charge in [-0.05, 0) is 23.5 Å². The highest BCUT2D eigenvalue weighted by Gasteiger charge is 2.29. The average molecular weight is 273 g/mol. The Bertz CT molecular complexity index is 441. The molecule has 0 spiro atoms. The molecule has 0 fully saturated rings. The molecule has 0 saturated heterocycles. The molecule has 18 heavy (non-hydrogen) atoms. The molecule has 2 rings (SSSR count). The molecule has 0 bridgehead atoms. The molecule has 0 amide bonds. The summed E-state index contributed by atoms with van der Waals surface area (Å²) in [6.07, 6.45) is 0. The van der Waals surface area contributed by atoms with Gasteiger partial charge in [-0.1, -0.05) is 60.7 Å². The molecule has 2 aromatic rings. The first-order valence-corrected chi connectivity index (χ1v) is 10.5. The van der Waals surface area contributed by atoms with Gasteiger partial charge < -0.3 is 4.12 Å². The van der Waals surface area contributed by atoms with Crippen molar-refractivity contribution in [1.29, 1.82) is 0 Å². The van der Waals surface area contributed by atoms with Gasteiger partial charge in [0.1, 0.15) is 0 Å². The van der Waals surface area contributed by atoms with Crippen LogP contribution in [0.5, 0.6) is 0 Å². The molecule has 0 saturated carbocycles. The topological polar surface area (TPSA) is 29.1 Å². The number of rotatable bonds is 4. The molecule has 2 aromatic carbocycles. The monoisotopic (exact) mass is 273 g/mol. The maximum atomic E-state index is 12.0. The lowest BCUT2D eigenvalue weighted by molar-refractivity contribution is 0.327. The third kappa shape index (κ3) is 3.64. The second-order valence-electron chi connectivity index (χ2n) is 4.72. The Morgan fingerprint density at radius 3 is 1.56 bits per heavy atom. The Kier molecular flexibility index (Phi) is 4.13. The van der Waals surface area contributed by atoms with Crippen LogP contribution in [-0.4, -0.2) is 17.6 Å². The smallest absolute Gasteiger partial charge is 0.357 e. The van der Waals surface area contributed by atoms with Crippen molar-refractivity contribution in [3.63, 3.8) is 0 Å². The second kappa shape index (κ2) is 5.62. The van der Waals surface area contributed by atoms with E-state index in [4.69, 9.17) is 4.12 Å². The van der Waals surface area contributed by atoms with Crippen LogP contribution in [0.2, 0.25) is 13.1 Å². The van der Waals surface area contributed by atoms with Crippen molar-refractivity contribution in [2.45, 2.75) is 13.1 Å². The van der Waals surface area contributed by atoms with Gasteiger partial charge >= 0.3 is 8.56 Å². The molecule has 2 nitrogen and oxygen atoms in total. The highest BCUT2D eigenvalue weighted by atomic mass is 28.4. The van der Waals surface area contributed by atoms with Gasteiger partial charge in [0.2, 0.25) is 9.04 Å². The summed E-state index contributed by atoms with van der Waals surface area (Å²) in [5.41, 5.74) is 0. The van der Waals surface area contributed by atoms with Gasteiger partial charge in [-0.2, -0.15) is 0 Å². The fourth-order valence-corrected chi connectivity index (χ4v) is 6.76. The number of hydrogen-bond donors (Lipinski definition) is 0. The summed E-state index contributed by atoms with van der Waals surface area (Å²) in [4.78, 5) is 12.0. The van der Waals surface area contributed by atoms with Crippen LogP contribution in [0.15, 0.2) is 60.7 Å². The van der Waals surface area contributed by atoms with Crippen LogP contribution >= 0.6 is 0 Å². The molecule has 0 aliphatic rings. The predicted octanol–water partition coefficient (Wildman–Crippen LogP) is 1.67. The van der Waals surface area contributed by atoms with Gasteiger partial charge in [-0.25, -0.2) is 0 Å². The van der Waals surface area contributed by atoms with Gasteiger partial charge in [0.05, 0.1) is 0 Å². The first-order chi connectivity index (χ1) is 8.56. The molecule has 0 aromatic heterocycles. The van der Waals surface area contributed by atoms with Crippen LogP contribution in [0.4, 0.5) is 0 Å². The van der Waals surface area contributed by atoms with Gasteiger partial charge in [0.25, 0.3) is 0 Å². The van der Waals surface area contributed by atoms with Gasteiger partial charge in [0, 0.05) is 0 Å². The summed E-state index contributed by atoms with van der Waals surface area (Å²) in [5.74, 6) is 0. The summed E-state index contributed by atoms with van der Waals surface area (Å²) >= 11 is 0. The van der Waals surface area contributed by atoms with Crippen molar-refractivity contribution < 1.29 is 8.91 Å². The molecule has 0 heterocycles. The van der Waals surface area contributed by atoms with Crippen molar-refractivity contribution in [2.24, 2.45) is 0 Å². The van der Waals surface area contributed by atoms with Crippen LogP contribution in [-0.2, 0) is 8.91 Å². The summed E-state index contributed by atoms with van der Waals surface area (Å²) in [6, 6.07) is 20.2. The zero-order valence-electron chi connectivity index (χ0n) is 10.7. The van der Waals surface area contributed by atoms with Crippen molar-refractivity contribution >= 4 is 28.0 Å². The highest BCUT2D eigenvalue weighted by Crippen LogP contribution is 2.04. The normalized spacial score (nSPS) is 11.8. The zero-order valence-corrected chi connectivity index (χ0v) is 12.8. The van der Waals surface area contributed by atoms with E-state index in [0.29, 0.717) is 0 Å². The Labute approximate surface area is 111 Å². The van der Waals surface area contributed by atoms with Gasteiger partial charge in [-0.3, -0.25) is 4.80 Å². The molecule has 4 heteroatoms. The largest absolute Gasteiger partial charge is 0.429 e. The Morgan fingerprint density at radius 1 is 0.833 bits per heavy atom. The van der Waals surface area contributed by atoms with E-state index in [1.54, 1.807) is 13.1 Å². The molecule has 1 radical (unpaired) electrons. The lowest BCUT2D eigenvalue weighted by Gasteiger charge is -2.23. The molecule has 0 aliphatic heterocycles. The van der Waals surface area contributed by atoms with E-state index in [1.807, 2.05) is 36.4 Å². The second-order valence-corrected chi connectivity index (χ2v) is 10.6. The minimum absolute atomic E-state index is 1.17. The number of benzene rings is 2. The minimum Gasteiger partial charge on any atom is -0.429 e. The van der Waals surface area contributed by atoms with E-state index in [1.165, 1.54) is 10.4 Å². The standard InChI is InChI=1S/C14H17O2Si2/c1-18(2,15)16-17(13-9-5-3-6-10-13)14-11-7-4-8-12-14/h3-12,17H,1-2H3. The van der Waals surface area contributed by atoms with Crippen molar-refractivity contribution in [2.75, 3.05) is 0 Å². The van der Waals surface area contributed by atoms with Crippen molar-refractivity contribution in [3.05, 3.63) is 60.7 Å². The maximum Gasteiger partial charge on any atom is 0.357 e. The van der Waals surface area contributed by atoms with E-state index in [9.17, 15) is 4.80 Å². The fourth-order valence-electron chi connectivity index (χ4n) is 1.87. The third-order valence-electron chi connectivity index (χ3n) is 2.61. The molecule has 0 N–H and O–H groups in total. The SMILES string of the molecule is C[Si](C)([O])O[SiH](c1ccccc1)c1ccccc1. The quantitative estimate of drug-likeness (QED) is 0.779. The Hall–Kier alpha value is -1.21. The van der Waals surface area contributed by atoms with E-state index in [-0.39, 0.29) is 0 Å². The van der Waals surface area contributed by atoms with E-state index in [0.717, 1.165) is 0 Å². The van der Waals surface area contributed by atoms with Crippen LogP contribution < -0.4 is 10.4 Å². The third-order valence-corrected chi connectivity index (χ3v) is 7.80. The predicted molar refractivity (Wildman–Crippen MR) is 78.6 cm³/mol. The average Bonchev–Trinajstić information content (AvgIpc) is 2.37. The van der Waals surface area contributed by atoms with E-state index < -0.39 is 17.6 Å². The first kappa shape index (κ1) is 13.2. The first-order valence-electron chi connectivity index (χ1n) is 6.04. The van der Waals surface area contributed by atoms with Gasteiger partial charge in [-0.15, -0.1) is 0 Å². The van der Waals surface area contributed by atoms with E-state index >= 15 is 0 Å². The molecular formula is C14H17O2Si2. The molecule has 0 atom stereocenters. The summed E-state index contributed by atoms with van der Waals surface area (Å²) < 4.78 is 5.93. The summed E-state index contributed by atoms with van der Waals surface area (Å²) in [5, 5.41) is 2.33. The zero-order chi connectivity index (χ0) is 13.0. The highest BCUT2D eigenvalue weighted by molar-refractivity contribution is 6.86. The molecule has 0 unspecified atom stereocenters. The maximum absolute atomic E-state index is 12.0.